The Hall–Kier alpha value is -2.51. The van der Waals surface area contributed by atoms with Gasteiger partial charge in [-0.1, -0.05) is 29.3 Å². The topological polar surface area (TPSA) is 51.0 Å². The number of carbonyl (C=O) groups is 1. The zero-order valence-electron chi connectivity index (χ0n) is 14.7. The molecular formula is C19H14Cl2F2N4O. The fraction of sp³-hybridized carbons (Fsp3) is 0.211. The summed E-state index contributed by atoms with van der Waals surface area (Å²) in [5, 5.41) is 8.65. The standard InChI is InChI=1S/C19H14Cl2F2N4O/c1-10-8-27-16(24-25-18(27)12-6-5-11(22)7-15(12)23)9-26(10)19(28)13-3-2-4-14(20)17(13)21/h2-7,10H,8-9H2,1H3/t10-/m0/s1. The van der Waals surface area contributed by atoms with Crippen molar-refractivity contribution in [3.05, 3.63) is 69.5 Å². The molecule has 5 nitrogen and oxygen atoms in total. The van der Waals surface area contributed by atoms with Gasteiger partial charge in [0.1, 0.15) is 11.6 Å². The van der Waals surface area contributed by atoms with Crippen LogP contribution in [0.5, 0.6) is 0 Å². The van der Waals surface area contributed by atoms with Crippen molar-refractivity contribution in [3.8, 4) is 11.4 Å². The predicted octanol–water partition coefficient (Wildman–Crippen LogP) is 4.57. The Morgan fingerprint density at radius 1 is 1.18 bits per heavy atom. The van der Waals surface area contributed by atoms with Gasteiger partial charge in [0, 0.05) is 18.7 Å². The van der Waals surface area contributed by atoms with Crippen molar-refractivity contribution in [3.63, 3.8) is 0 Å². The molecule has 9 heteroatoms. The molecule has 1 aliphatic rings. The summed E-state index contributed by atoms with van der Waals surface area (Å²) in [6, 6.07) is 7.96. The monoisotopic (exact) mass is 422 g/mol. The lowest BCUT2D eigenvalue weighted by Gasteiger charge is -2.34. The Morgan fingerprint density at radius 2 is 1.96 bits per heavy atom. The van der Waals surface area contributed by atoms with Gasteiger partial charge >= 0.3 is 0 Å². The lowest BCUT2D eigenvalue weighted by Crippen LogP contribution is -2.45. The molecule has 0 N–H and O–H groups in total. The molecule has 1 atom stereocenters. The minimum atomic E-state index is -0.716. The van der Waals surface area contributed by atoms with Gasteiger partial charge < -0.3 is 9.47 Å². The van der Waals surface area contributed by atoms with E-state index in [1.54, 1.807) is 27.7 Å². The van der Waals surface area contributed by atoms with E-state index in [1.165, 1.54) is 12.1 Å². The van der Waals surface area contributed by atoms with Crippen molar-refractivity contribution >= 4 is 29.1 Å². The minimum Gasteiger partial charge on any atom is -0.327 e. The zero-order chi connectivity index (χ0) is 20.0. The number of carbonyl (C=O) groups excluding carboxylic acids is 1. The summed E-state index contributed by atoms with van der Waals surface area (Å²) in [6.07, 6.45) is 0. The van der Waals surface area contributed by atoms with Crippen molar-refractivity contribution < 1.29 is 13.6 Å². The molecule has 2 heterocycles. The molecule has 0 fully saturated rings. The highest BCUT2D eigenvalue weighted by atomic mass is 35.5. The van der Waals surface area contributed by atoms with Crippen LogP contribution in [0, 0.1) is 11.6 Å². The van der Waals surface area contributed by atoms with E-state index in [0.29, 0.717) is 28.8 Å². The molecule has 0 unspecified atom stereocenters. The summed E-state index contributed by atoms with van der Waals surface area (Å²) in [7, 11) is 0. The number of fused-ring (bicyclic) bond motifs is 1. The molecule has 2 aromatic carbocycles. The number of rotatable bonds is 2. The van der Waals surface area contributed by atoms with Gasteiger partial charge in [-0.05, 0) is 31.2 Å². The zero-order valence-corrected chi connectivity index (χ0v) is 16.2. The maximum absolute atomic E-state index is 14.2. The van der Waals surface area contributed by atoms with Crippen molar-refractivity contribution in [2.45, 2.75) is 26.1 Å². The molecule has 0 saturated heterocycles. The molecule has 1 aliphatic heterocycles. The molecule has 3 aromatic rings. The summed E-state index contributed by atoms with van der Waals surface area (Å²) >= 11 is 12.2. The molecule has 4 rings (SSSR count). The third-order valence-corrected chi connectivity index (χ3v) is 5.55. The van der Waals surface area contributed by atoms with Crippen molar-refractivity contribution in [2.24, 2.45) is 0 Å². The average molecular weight is 423 g/mol. The maximum atomic E-state index is 14.2. The van der Waals surface area contributed by atoms with Crippen LogP contribution in [-0.4, -0.2) is 31.6 Å². The lowest BCUT2D eigenvalue weighted by molar-refractivity contribution is 0.0612. The smallest absolute Gasteiger partial charge is 0.256 e. The van der Waals surface area contributed by atoms with Crippen LogP contribution < -0.4 is 0 Å². The number of benzene rings is 2. The van der Waals surface area contributed by atoms with Crippen molar-refractivity contribution in [1.82, 2.24) is 19.7 Å². The maximum Gasteiger partial charge on any atom is 0.256 e. The molecule has 0 aliphatic carbocycles. The van der Waals surface area contributed by atoms with E-state index >= 15 is 0 Å². The number of halogens is 4. The number of hydrogen-bond acceptors (Lipinski definition) is 3. The van der Waals surface area contributed by atoms with E-state index in [1.807, 2.05) is 6.92 Å². The molecule has 0 saturated carbocycles. The van der Waals surface area contributed by atoms with Gasteiger partial charge in [-0.25, -0.2) is 8.78 Å². The summed E-state index contributed by atoms with van der Waals surface area (Å²) in [6.45, 7) is 2.40. The van der Waals surface area contributed by atoms with Crippen LogP contribution >= 0.6 is 23.2 Å². The van der Waals surface area contributed by atoms with Crippen molar-refractivity contribution in [2.75, 3.05) is 0 Å². The largest absolute Gasteiger partial charge is 0.327 e. The number of amides is 1. The van der Waals surface area contributed by atoms with Gasteiger partial charge in [0.25, 0.3) is 5.91 Å². The minimum absolute atomic E-state index is 0.157. The van der Waals surface area contributed by atoms with Crippen LogP contribution in [0.2, 0.25) is 10.0 Å². The first-order valence-corrected chi connectivity index (χ1v) is 9.25. The van der Waals surface area contributed by atoms with Crippen LogP contribution in [0.3, 0.4) is 0 Å². The lowest BCUT2D eigenvalue weighted by atomic mass is 10.1. The molecule has 0 bridgehead atoms. The first-order valence-electron chi connectivity index (χ1n) is 8.49. The summed E-state index contributed by atoms with van der Waals surface area (Å²) in [4.78, 5) is 14.6. The highest BCUT2D eigenvalue weighted by Crippen LogP contribution is 2.30. The molecule has 1 aromatic heterocycles. The predicted molar refractivity (Wildman–Crippen MR) is 101 cm³/mol. The van der Waals surface area contributed by atoms with Crippen LogP contribution in [0.25, 0.3) is 11.4 Å². The normalized spacial score (nSPS) is 16.2. The van der Waals surface area contributed by atoms with Crippen molar-refractivity contribution in [1.29, 1.82) is 0 Å². The molecule has 1 amide bonds. The van der Waals surface area contributed by atoms with E-state index in [9.17, 15) is 13.6 Å². The highest BCUT2D eigenvalue weighted by molar-refractivity contribution is 6.43. The van der Waals surface area contributed by atoms with Crippen LogP contribution in [-0.2, 0) is 13.1 Å². The first kappa shape index (κ1) is 18.8. The number of aromatic nitrogens is 3. The van der Waals surface area contributed by atoms with Gasteiger partial charge in [-0.2, -0.15) is 0 Å². The van der Waals surface area contributed by atoms with E-state index in [-0.39, 0.29) is 29.1 Å². The van der Waals surface area contributed by atoms with E-state index in [4.69, 9.17) is 23.2 Å². The molecule has 0 spiro atoms. The van der Waals surface area contributed by atoms with E-state index in [0.717, 1.165) is 6.07 Å². The second-order valence-corrected chi connectivity index (χ2v) is 7.34. The molecule has 28 heavy (non-hydrogen) atoms. The summed E-state index contributed by atoms with van der Waals surface area (Å²) in [5.74, 6) is -0.852. The second-order valence-electron chi connectivity index (χ2n) is 6.56. The Morgan fingerprint density at radius 3 is 2.71 bits per heavy atom. The van der Waals surface area contributed by atoms with Gasteiger partial charge in [-0.15, -0.1) is 10.2 Å². The summed E-state index contributed by atoms with van der Waals surface area (Å²) < 4.78 is 29.1. The van der Waals surface area contributed by atoms with Crippen LogP contribution in [0.1, 0.15) is 23.1 Å². The van der Waals surface area contributed by atoms with Crippen LogP contribution in [0.4, 0.5) is 8.78 Å². The van der Waals surface area contributed by atoms with Gasteiger partial charge in [0.2, 0.25) is 0 Å². The quantitative estimate of drug-likeness (QED) is 0.607. The average Bonchev–Trinajstić information content (AvgIpc) is 3.05. The number of nitrogens with zero attached hydrogens (tertiary/aromatic N) is 4. The third-order valence-electron chi connectivity index (χ3n) is 4.73. The van der Waals surface area contributed by atoms with E-state index < -0.39 is 11.6 Å². The van der Waals surface area contributed by atoms with Crippen LogP contribution in [0.15, 0.2) is 36.4 Å². The third kappa shape index (κ3) is 3.14. The molecule has 0 radical (unpaired) electrons. The first-order chi connectivity index (χ1) is 13.4. The number of hydrogen-bond donors (Lipinski definition) is 0. The molecular weight excluding hydrogens is 409 g/mol. The Kier molecular flexibility index (Phi) is 4.81. The molecule has 144 valence electrons. The van der Waals surface area contributed by atoms with Gasteiger partial charge in [-0.3, -0.25) is 4.79 Å². The fourth-order valence-electron chi connectivity index (χ4n) is 3.28. The SMILES string of the molecule is C[C@H]1Cn2c(nnc2-c2ccc(F)cc2F)CN1C(=O)c1cccc(Cl)c1Cl. The van der Waals surface area contributed by atoms with E-state index in [2.05, 4.69) is 10.2 Å². The Bertz CT molecular complexity index is 1090. The van der Waals surface area contributed by atoms with Gasteiger partial charge in [0.05, 0.1) is 27.7 Å². The Balaban J connectivity index is 1.68. The highest BCUT2D eigenvalue weighted by Gasteiger charge is 2.32. The Labute approximate surface area is 169 Å². The second kappa shape index (κ2) is 7.14. The fourth-order valence-corrected chi connectivity index (χ4v) is 3.66. The summed E-state index contributed by atoms with van der Waals surface area (Å²) in [5.41, 5.74) is 0.462. The van der Waals surface area contributed by atoms with Gasteiger partial charge in [0.15, 0.2) is 11.6 Å².